The van der Waals surface area contributed by atoms with Crippen LogP contribution in [0.15, 0.2) is 54.6 Å². The number of likely N-dealkylation sites (N-methyl/N-ethyl adjacent to an activating group) is 1. The van der Waals surface area contributed by atoms with Gasteiger partial charge in [0.15, 0.2) is 0 Å². The summed E-state index contributed by atoms with van der Waals surface area (Å²) >= 11 is 0. The molecule has 218 valence electrons. The number of nitrogens with one attached hydrogen (secondary N) is 3. The molecule has 2 aromatic carbocycles. The fraction of sp³-hybridized carbons (Fsp3) is 0.531. The topological polar surface area (TPSA) is 99.8 Å². The Balaban J connectivity index is 1.91. The summed E-state index contributed by atoms with van der Waals surface area (Å²) in [6.07, 6.45) is 2.60. The third kappa shape index (κ3) is 8.55. The summed E-state index contributed by atoms with van der Waals surface area (Å²) in [4.78, 5) is 41.8. The highest BCUT2D eigenvalue weighted by atomic mass is 16.5. The molecule has 0 aromatic heterocycles. The van der Waals surface area contributed by atoms with Crippen LogP contribution in [0.5, 0.6) is 5.75 Å². The molecule has 1 heterocycles. The van der Waals surface area contributed by atoms with Crippen LogP contribution in [-0.4, -0.2) is 66.5 Å². The summed E-state index contributed by atoms with van der Waals surface area (Å²) < 4.78 is 6.46. The number of nitrogens with zero attached hydrogens (tertiary/aromatic N) is 1. The van der Waals surface area contributed by atoms with Crippen molar-refractivity contribution in [3.63, 3.8) is 0 Å². The molecule has 8 heteroatoms. The largest absolute Gasteiger partial charge is 0.486 e. The molecule has 1 aliphatic heterocycles. The second-order valence-electron chi connectivity index (χ2n) is 11.5. The Kier molecular flexibility index (Phi) is 11.1. The van der Waals surface area contributed by atoms with Crippen LogP contribution in [-0.2, 0) is 27.2 Å². The van der Waals surface area contributed by atoms with E-state index in [0.29, 0.717) is 19.5 Å². The fourth-order valence-corrected chi connectivity index (χ4v) is 4.82. The van der Waals surface area contributed by atoms with Crippen molar-refractivity contribution >= 4 is 17.7 Å². The van der Waals surface area contributed by atoms with Gasteiger partial charge in [-0.15, -0.1) is 0 Å². The van der Waals surface area contributed by atoms with Crippen LogP contribution in [0.4, 0.5) is 0 Å². The van der Waals surface area contributed by atoms with Gasteiger partial charge >= 0.3 is 0 Å². The Hall–Kier alpha value is -3.39. The first kappa shape index (κ1) is 31.1. The normalized spacial score (nSPS) is 24.0. The molecule has 1 aliphatic rings. The van der Waals surface area contributed by atoms with E-state index >= 15 is 0 Å². The molecule has 4 atom stereocenters. The zero-order chi connectivity index (χ0) is 29.3. The van der Waals surface area contributed by atoms with Gasteiger partial charge in [0.25, 0.3) is 0 Å². The van der Waals surface area contributed by atoms with Gasteiger partial charge in [0.1, 0.15) is 23.4 Å². The molecular formula is C32H46N4O4. The molecule has 0 saturated carbocycles. The molecule has 0 bridgehead atoms. The van der Waals surface area contributed by atoms with E-state index in [4.69, 9.17) is 4.74 Å². The number of aryl methyl sites for hydroxylation is 1. The van der Waals surface area contributed by atoms with E-state index in [1.807, 2.05) is 82.3 Å². The molecule has 0 aliphatic carbocycles. The lowest BCUT2D eigenvalue weighted by atomic mass is 9.96. The van der Waals surface area contributed by atoms with Gasteiger partial charge in [-0.1, -0.05) is 68.8 Å². The maximum absolute atomic E-state index is 13.7. The van der Waals surface area contributed by atoms with Crippen molar-refractivity contribution in [2.24, 2.45) is 5.92 Å². The summed E-state index contributed by atoms with van der Waals surface area (Å²) in [7, 11) is 1.64. The van der Waals surface area contributed by atoms with E-state index in [-0.39, 0.29) is 23.6 Å². The first-order valence-corrected chi connectivity index (χ1v) is 14.4. The first-order chi connectivity index (χ1) is 19.0. The van der Waals surface area contributed by atoms with Gasteiger partial charge in [-0.25, -0.2) is 0 Å². The molecular weight excluding hydrogens is 504 g/mol. The number of hydrogen-bond donors (Lipinski definition) is 3. The smallest absolute Gasteiger partial charge is 0.243 e. The van der Waals surface area contributed by atoms with Gasteiger partial charge < -0.3 is 25.6 Å². The van der Waals surface area contributed by atoms with Gasteiger partial charge in [0.05, 0.1) is 6.04 Å². The highest BCUT2D eigenvalue weighted by molar-refractivity contribution is 5.93. The fourth-order valence-electron chi connectivity index (χ4n) is 4.82. The number of hydrogen-bond acceptors (Lipinski definition) is 5. The van der Waals surface area contributed by atoms with Crippen LogP contribution in [0.2, 0.25) is 0 Å². The van der Waals surface area contributed by atoms with Crippen LogP contribution in [0, 0.1) is 5.92 Å². The minimum atomic E-state index is -0.764. The average molecular weight is 551 g/mol. The molecule has 3 rings (SSSR count). The van der Waals surface area contributed by atoms with Crippen molar-refractivity contribution < 1.29 is 19.1 Å². The maximum Gasteiger partial charge on any atom is 0.243 e. The number of ether oxygens (including phenoxy) is 1. The van der Waals surface area contributed by atoms with Gasteiger partial charge in [-0.3, -0.25) is 14.4 Å². The van der Waals surface area contributed by atoms with E-state index < -0.39 is 23.7 Å². The number of rotatable bonds is 4. The Labute approximate surface area is 239 Å². The predicted octanol–water partition coefficient (Wildman–Crippen LogP) is 3.49. The lowest BCUT2D eigenvalue weighted by Gasteiger charge is -2.35. The molecule has 0 fully saturated rings. The second kappa shape index (κ2) is 14.3. The number of carbonyl (C=O) groups excluding carboxylic acids is 3. The average Bonchev–Trinajstić information content (AvgIpc) is 2.94. The Morgan fingerprint density at radius 2 is 1.70 bits per heavy atom. The van der Waals surface area contributed by atoms with Gasteiger partial charge in [0.2, 0.25) is 17.7 Å². The Morgan fingerprint density at radius 1 is 1.02 bits per heavy atom. The van der Waals surface area contributed by atoms with E-state index in [9.17, 15) is 14.4 Å². The molecule has 1 unspecified atom stereocenters. The third-order valence-electron chi connectivity index (χ3n) is 7.73. The van der Waals surface area contributed by atoms with Crippen LogP contribution in [0.1, 0.15) is 58.6 Å². The van der Waals surface area contributed by atoms with Crippen LogP contribution < -0.4 is 20.7 Å². The minimum Gasteiger partial charge on any atom is -0.486 e. The maximum atomic E-state index is 13.7. The first-order valence-electron chi connectivity index (χ1n) is 14.4. The highest BCUT2D eigenvalue weighted by Gasteiger charge is 2.34. The van der Waals surface area contributed by atoms with Crippen molar-refractivity contribution in [1.29, 1.82) is 0 Å². The van der Waals surface area contributed by atoms with Gasteiger partial charge in [0, 0.05) is 26.6 Å². The molecule has 0 saturated heterocycles. The van der Waals surface area contributed by atoms with E-state index in [1.165, 1.54) is 4.90 Å². The third-order valence-corrected chi connectivity index (χ3v) is 7.73. The number of carbonyl (C=O) groups is 3. The monoisotopic (exact) mass is 550 g/mol. The van der Waals surface area contributed by atoms with E-state index in [0.717, 1.165) is 36.1 Å². The second-order valence-corrected chi connectivity index (χ2v) is 11.5. The zero-order valence-electron chi connectivity index (χ0n) is 24.8. The van der Waals surface area contributed by atoms with E-state index in [2.05, 4.69) is 16.0 Å². The molecule has 2 aromatic rings. The van der Waals surface area contributed by atoms with Crippen LogP contribution in [0.25, 0.3) is 0 Å². The lowest BCUT2D eigenvalue weighted by molar-refractivity contribution is -0.141. The minimum absolute atomic E-state index is 0.0375. The summed E-state index contributed by atoms with van der Waals surface area (Å²) in [6.45, 7) is 10.7. The quantitative estimate of drug-likeness (QED) is 0.541. The lowest BCUT2D eigenvalue weighted by Crippen LogP contribution is -2.58. The summed E-state index contributed by atoms with van der Waals surface area (Å²) in [5.74, 6) is 0.0554. The summed E-state index contributed by atoms with van der Waals surface area (Å²) in [6, 6.07) is 15.5. The molecule has 8 nitrogen and oxygen atoms in total. The van der Waals surface area contributed by atoms with Crippen LogP contribution >= 0.6 is 0 Å². The SMILES string of the molecule is CCC(C)[C@@H]1NCC(C)(C)Oc2ccccc2CCCNC(=O)[C@@H](Cc2ccccc2)NC(=O)[C@@H](C)N(C)C1=O. The van der Waals surface area contributed by atoms with Crippen LogP contribution in [0.3, 0.4) is 0 Å². The molecule has 40 heavy (non-hydrogen) atoms. The molecule has 0 radical (unpaired) electrons. The number of para-hydroxylation sites is 1. The highest BCUT2D eigenvalue weighted by Crippen LogP contribution is 2.25. The Bertz CT molecular complexity index is 1140. The standard InChI is InChI=1S/C32H46N4O4/c1-7-22(2)28-31(39)36(6)23(3)29(37)35-26(20-24-14-9-8-10-15-24)30(38)33-19-13-17-25-16-11-12-18-27(25)40-32(4,5)21-34-28/h8-12,14-16,18,22-23,26,28,34H,7,13,17,19-21H2,1-6H3,(H,33,38)(H,35,37)/t22?,23-,26-,28+/m1/s1. The van der Waals surface area contributed by atoms with E-state index in [1.54, 1.807) is 14.0 Å². The van der Waals surface area contributed by atoms with Crippen molar-refractivity contribution in [2.75, 3.05) is 20.1 Å². The Morgan fingerprint density at radius 3 is 2.40 bits per heavy atom. The zero-order valence-corrected chi connectivity index (χ0v) is 24.8. The van der Waals surface area contributed by atoms with Crippen molar-refractivity contribution in [3.05, 3.63) is 65.7 Å². The number of fused-ring (bicyclic) bond motifs is 1. The predicted molar refractivity (Wildman–Crippen MR) is 158 cm³/mol. The van der Waals surface area contributed by atoms with Gasteiger partial charge in [-0.2, -0.15) is 0 Å². The summed E-state index contributed by atoms with van der Waals surface area (Å²) in [5, 5.41) is 9.37. The van der Waals surface area contributed by atoms with Crippen molar-refractivity contribution in [3.8, 4) is 5.75 Å². The molecule has 0 spiro atoms. The summed E-state index contributed by atoms with van der Waals surface area (Å²) in [5.41, 5.74) is 1.41. The van der Waals surface area contributed by atoms with Crippen molar-refractivity contribution in [1.82, 2.24) is 20.9 Å². The molecule has 3 amide bonds. The number of benzene rings is 2. The van der Waals surface area contributed by atoms with Crippen molar-refractivity contribution in [2.45, 2.75) is 84.0 Å². The molecule has 3 N–H and O–H groups in total. The number of amides is 3. The van der Waals surface area contributed by atoms with Gasteiger partial charge in [-0.05, 0) is 56.7 Å².